The Balaban J connectivity index is 0.759. The highest BCUT2D eigenvalue weighted by atomic mass is 16.6. The minimum Gasteiger partial charge on any atom is -0.494 e. The third kappa shape index (κ3) is 17.8. The molecule has 0 atom stereocenters. The maximum absolute atomic E-state index is 13.0. The first-order chi connectivity index (χ1) is 36.7. The largest absolute Gasteiger partial charge is 0.494 e. The van der Waals surface area contributed by atoms with Gasteiger partial charge in [-0.05, 0) is 177 Å². The van der Waals surface area contributed by atoms with E-state index in [-0.39, 0.29) is 34.1 Å². The van der Waals surface area contributed by atoms with Crippen molar-refractivity contribution in [2.45, 2.75) is 84.0 Å². The summed E-state index contributed by atoms with van der Waals surface area (Å²) in [6, 6.07) is 49.1. The van der Waals surface area contributed by atoms with E-state index in [0.717, 1.165) is 55.4 Å². The molecule has 0 amide bonds. The molecule has 0 spiro atoms. The maximum Gasteiger partial charge on any atom is 0.343 e. The average molecular weight is 1010 g/mol. The van der Waals surface area contributed by atoms with E-state index in [2.05, 4.69) is 13.0 Å². The van der Waals surface area contributed by atoms with Gasteiger partial charge in [-0.3, -0.25) is 0 Å². The molecule has 0 saturated carbocycles. The van der Waals surface area contributed by atoms with E-state index in [4.69, 9.17) is 38.4 Å². The lowest BCUT2D eigenvalue weighted by molar-refractivity contribution is 0.0723. The molecule has 0 N–H and O–H groups in total. The fourth-order valence-electron chi connectivity index (χ4n) is 7.80. The van der Waals surface area contributed by atoms with E-state index in [9.17, 15) is 19.2 Å². The molecule has 7 aromatic rings. The van der Waals surface area contributed by atoms with Crippen LogP contribution in [0.4, 0.5) is 0 Å². The molecule has 0 aliphatic carbocycles. The van der Waals surface area contributed by atoms with Gasteiger partial charge in [-0.1, -0.05) is 82.2 Å². The third-order valence-corrected chi connectivity index (χ3v) is 12.1. The lowest BCUT2D eigenvalue weighted by Gasteiger charge is -2.10. The second-order valence-corrected chi connectivity index (χ2v) is 17.8. The van der Waals surface area contributed by atoms with Gasteiger partial charge in [0.2, 0.25) is 0 Å². The summed E-state index contributed by atoms with van der Waals surface area (Å²) in [5.74, 6) is 0.464. The molecule has 0 bridgehead atoms. The monoisotopic (exact) mass is 1010 g/mol. The summed E-state index contributed by atoms with van der Waals surface area (Å²) < 4.78 is 39.8. The Morgan fingerprint density at radius 2 is 0.640 bits per heavy atom. The standard InChI is InChI=1S/C63H61NO11/c1-2-3-4-5-6-7-8-11-41-70-54-33-23-49(24-34-54)60(65)72-56-37-27-51(28-38-56)62(67)74-58-15-14-16-59(44-58)75-63(68)52-29-39-57(40-30-52)73-61(66)50-25-35-55(36-26-50)71-43-13-10-9-12-42-69-53-31-21-48(22-32-53)47-19-17-46(45-64)18-20-47/h14-40,44H,2-13,41-43H2,1H3. The van der Waals surface area contributed by atoms with Crippen LogP contribution in [-0.2, 0) is 0 Å². The van der Waals surface area contributed by atoms with Gasteiger partial charge in [-0.15, -0.1) is 0 Å². The van der Waals surface area contributed by atoms with Gasteiger partial charge in [-0.25, -0.2) is 19.2 Å². The van der Waals surface area contributed by atoms with Gasteiger partial charge < -0.3 is 33.2 Å². The second kappa shape index (κ2) is 29.1. The molecule has 75 heavy (non-hydrogen) atoms. The molecule has 0 heterocycles. The van der Waals surface area contributed by atoms with Crippen molar-refractivity contribution in [2.24, 2.45) is 0 Å². The highest BCUT2D eigenvalue weighted by Gasteiger charge is 2.16. The number of hydrogen-bond acceptors (Lipinski definition) is 12. The van der Waals surface area contributed by atoms with Crippen molar-refractivity contribution < 1.29 is 52.3 Å². The Kier molecular flexibility index (Phi) is 21.0. The zero-order valence-electron chi connectivity index (χ0n) is 42.2. The minimum atomic E-state index is -0.677. The predicted molar refractivity (Wildman–Crippen MR) is 286 cm³/mol. The van der Waals surface area contributed by atoms with Crippen LogP contribution in [0.3, 0.4) is 0 Å². The molecular weight excluding hydrogens is 947 g/mol. The number of ether oxygens (including phenoxy) is 7. The average Bonchev–Trinajstić information content (AvgIpc) is 3.44. The molecule has 0 aromatic heterocycles. The Labute approximate surface area is 438 Å². The van der Waals surface area contributed by atoms with Crippen LogP contribution in [-0.4, -0.2) is 43.7 Å². The second-order valence-electron chi connectivity index (χ2n) is 17.8. The van der Waals surface area contributed by atoms with Crippen molar-refractivity contribution >= 4 is 23.9 Å². The van der Waals surface area contributed by atoms with Crippen LogP contribution < -0.4 is 33.2 Å². The molecule has 0 radical (unpaired) electrons. The van der Waals surface area contributed by atoms with Crippen LogP contribution in [0.15, 0.2) is 170 Å². The number of hydrogen-bond donors (Lipinski definition) is 0. The van der Waals surface area contributed by atoms with Crippen LogP contribution in [0.2, 0.25) is 0 Å². The third-order valence-electron chi connectivity index (χ3n) is 12.1. The first kappa shape index (κ1) is 54.1. The summed E-state index contributed by atoms with van der Waals surface area (Å²) in [7, 11) is 0. The Bertz CT molecular complexity index is 2950. The van der Waals surface area contributed by atoms with Crippen LogP contribution in [0.1, 0.15) is 131 Å². The Hall–Kier alpha value is -8.69. The van der Waals surface area contributed by atoms with Crippen molar-refractivity contribution in [3.63, 3.8) is 0 Å². The predicted octanol–water partition coefficient (Wildman–Crippen LogP) is 14.6. The van der Waals surface area contributed by atoms with E-state index >= 15 is 0 Å². The molecule has 7 rings (SSSR count). The number of benzene rings is 7. The summed E-state index contributed by atoms with van der Waals surface area (Å²) in [6.45, 7) is 4.02. The topological polar surface area (TPSA) is 157 Å². The molecule has 384 valence electrons. The number of esters is 4. The number of carbonyl (C=O) groups is 4. The number of carbonyl (C=O) groups excluding carboxylic acids is 4. The number of nitrogens with zero attached hydrogens (tertiary/aromatic N) is 1. The van der Waals surface area contributed by atoms with E-state index in [0.29, 0.717) is 48.0 Å². The molecule has 0 aliphatic rings. The van der Waals surface area contributed by atoms with Gasteiger partial charge >= 0.3 is 23.9 Å². The zero-order valence-corrected chi connectivity index (χ0v) is 42.2. The smallest absolute Gasteiger partial charge is 0.343 e. The van der Waals surface area contributed by atoms with E-state index in [1.165, 1.54) is 93.1 Å². The van der Waals surface area contributed by atoms with E-state index < -0.39 is 23.9 Å². The molecule has 0 aliphatic heterocycles. The number of nitriles is 1. The number of rotatable bonds is 28. The summed E-state index contributed by atoms with van der Waals surface area (Å²) >= 11 is 0. The SMILES string of the molecule is CCCCCCCCCCOc1ccc(C(=O)Oc2ccc(C(=O)Oc3cccc(OC(=O)c4ccc(OC(=O)c5ccc(OCCCCCCOc6ccc(-c7ccc(C#N)cc7)cc6)cc5)cc4)c3)cc2)cc1. The Morgan fingerprint density at radius 3 is 0.987 bits per heavy atom. The lowest BCUT2D eigenvalue weighted by atomic mass is 10.0. The minimum absolute atomic E-state index is 0.140. The normalized spacial score (nSPS) is 10.7. The van der Waals surface area contributed by atoms with Crippen LogP contribution in [0.25, 0.3) is 11.1 Å². The van der Waals surface area contributed by atoms with Gasteiger partial charge in [0.25, 0.3) is 0 Å². The van der Waals surface area contributed by atoms with Crippen molar-refractivity contribution in [3.8, 4) is 57.4 Å². The van der Waals surface area contributed by atoms with Gasteiger partial charge in [0.1, 0.15) is 40.2 Å². The van der Waals surface area contributed by atoms with Crippen LogP contribution >= 0.6 is 0 Å². The Morgan fingerprint density at radius 1 is 0.347 bits per heavy atom. The van der Waals surface area contributed by atoms with Gasteiger partial charge in [0, 0.05) is 6.07 Å². The maximum atomic E-state index is 13.0. The highest BCUT2D eigenvalue weighted by Crippen LogP contribution is 2.26. The van der Waals surface area contributed by atoms with Crippen molar-refractivity contribution in [1.82, 2.24) is 0 Å². The lowest BCUT2D eigenvalue weighted by Crippen LogP contribution is -2.11. The van der Waals surface area contributed by atoms with E-state index in [1.807, 2.05) is 48.5 Å². The summed E-state index contributed by atoms with van der Waals surface area (Å²) in [5.41, 5.74) is 3.86. The van der Waals surface area contributed by atoms with Crippen molar-refractivity contribution in [3.05, 3.63) is 198 Å². The summed E-state index contributed by atoms with van der Waals surface area (Å²) in [5, 5.41) is 9.01. The fourth-order valence-corrected chi connectivity index (χ4v) is 7.80. The van der Waals surface area contributed by atoms with Crippen LogP contribution in [0.5, 0.6) is 40.2 Å². The molecule has 0 unspecified atom stereocenters. The van der Waals surface area contributed by atoms with E-state index in [1.54, 1.807) is 66.7 Å². The van der Waals surface area contributed by atoms with Gasteiger partial charge in [-0.2, -0.15) is 5.26 Å². The molecule has 0 saturated heterocycles. The van der Waals surface area contributed by atoms with Gasteiger partial charge in [0.05, 0.1) is 53.7 Å². The number of unbranched alkanes of at least 4 members (excludes halogenated alkanes) is 10. The van der Waals surface area contributed by atoms with Gasteiger partial charge in [0.15, 0.2) is 0 Å². The van der Waals surface area contributed by atoms with Crippen molar-refractivity contribution in [2.75, 3.05) is 19.8 Å². The quantitative estimate of drug-likeness (QED) is 0.0260. The first-order valence-electron chi connectivity index (χ1n) is 25.6. The molecule has 12 heteroatoms. The molecule has 0 fully saturated rings. The highest BCUT2D eigenvalue weighted by molar-refractivity contribution is 5.94. The zero-order chi connectivity index (χ0) is 52.5. The summed E-state index contributed by atoms with van der Waals surface area (Å²) in [4.78, 5) is 51.7. The first-order valence-corrected chi connectivity index (χ1v) is 25.6. The molecule has 7 aromatic carbocycles. The molecular formula is C63H61NO11. The van der Waals surface area contributed by atoms with Crippen LogP contribution in [0, 0.1) is 11.3 Å². The fraction of sp³-hybridized carbons (Fsp3) is 0.254. The molecule has 12 nitrogen and oxygen atoms in total. The summed E-state index contributed by atoms with van der Waals surface area (Å²) in [6.07, 6.45) is 13.6. The van der Waals surface area contributed by atoms with Crippen molar-refractivity contribution in [1.29, 1.82) is 5.26 Å².